The summed E-state index contributed by atoms with van der Waals surface area (Å²) in [6, 6.07) is 14.7. The van der Waals surface area contributed by atoms with Crippen LogP contribution in [-0.2, 0) is 0 Å². The van der Waals surface area contributed by atoms with E-state index in [0.29, 0.717) is 5.56 Å². The maximum atomic E-state index is 11.6. The van der Waals surface area contributed by atoms with E-state index in [1.54, 1.807) is 23.5 Å². The minimum absolute atomic E-state index is 0.198. The van der Waals surface area contributed by atoms with Gasteiger partial charge in [-0.25, -0.2) is 0 Å². The zero-order valence-electron chi connectivity index (χ0n) is 10.4. The first-order valence-electron chi connectivity index (χ1n) is 5.95. The van der Waals surface area contributed by atoms with Gasteiger partial charge in [-0.2, -0.15) is 0 Å². The number of benzene rings is 2. The third-order valence-corrected chi connectivity index (χ3v) is 4.21. The van der Waals surface area contributed by atoms with Crippen LogP contribution in [0.15, 0.2) is 53.7 Å². The van der Waals surface area contributed by atoms with Crippen LogP contribution in [-0.4, -0.2) is 5.91 Å². The van der Waals surface area contributed by atoms with E-state index in [0.717, 1.165) is 20.5 Å². The van der Waals surface area contributed by atoms with Crippen LogP contribution in [0.3, 0.4) is 0 Å². The SMILES string of the molecule is NC(=O)c1cc(N=O)ccc1-c1cc2ccccc2s1. The van der Waals surface area contributed by atoms with Crippen molar-refractivity contribution in [2.24, 2.45) is 10.9 Å². The van der Waals surface area contributed by atoms with Crippen molar-refractivity contribution in [3.63, 3.8) is 0 Å². The molecular formula is C15H10N2O2S. The van der Waals surface area contributed by atoms with Crippen molar-refractivity contribution in [2.45, 2.75) is 0 Å². The summed E-state index contributed by atoms with van der Waals surface area (Å²) in [5, 5.41) is 3.95. The van der Waals surface area contributed by atoms with Crippen LogP contribution in [0.4, 0.5) is 5.69 Å². The zero-order valence-corrected chi connectivity index (χ0v) is 11.2. The maximum Gasteiger partial charge on any atom is 0.249 e. The molecule has 0 aliphatic carbocycles. The molecule has 2 aromatic carbocycles. The Balaban J connectivity index is 2.22. The monoisotopic (exact) mass is 282 g/mol. The summed E-state index contributed by atoms with van der Waals surface area (Å²) >= 11 is 1.58. The quantitative estimate of drug-likeness (QED) is 0.735. The van der Waals surface area contributed by atoms with E-state index in [1.807, 2.05) is 30.3 Å². The summed E-state index contributed by atoms with van der Waals surface area (Å²) in [5.74, 6) is -0.567. The van der Waals surface area contributed by atoms with E-state index in [2.05, 4.69) is 5.18 Å². The first-order valence-corrected chi connectivity index (χ1v) is 6.77. The Kier molecular flexibility index (Phi) is 3.04. The fraction of sp³-hybridized carbons (Fsp3) is 0. The molecule has 2 N–H and O–H groups in total. The zero-order chi connectivity index (χ0) is 14.1. The number of hydrogen-bond donors (Lipinski definition) is 1. The second kappa shape index (κ2) is 4.86. The summed E-state index contributed by atoms with van der Waals surface area (Å²) in [4.78, 5) is 23.1. The lowest BCUT2D eigenvalue weighted by Crippen LogP contribution is -2.12. The van der Waals surface area contributed by atoms with Crippen molar-refractivity contribution in [1.29, 1.82) is 0 Å². The van der Waals surface area contributed by atoms with E-state index < -0.39 is 5.91 Å². The molecule has 0 radical (unpaired) electrons. The molecule has 0 atom stereocenters. The normalized spacial score (nSPS) is 10.6. The lowest BCUT2D eigenvalue weighted by molar-refractivity contribution is 0.100. The number of nitrogens with zero attached hydrogens (tertiary/aromatic N) is 1. The van der Waals surface area contributed by atoms with Crippen LogP contribution in [0.2, 0.25) is 0 Å². The van der Waals surface area contributed by atoms with E-state index in [-0.39, 0.29) is 5.69 Å². The van der Waals surface area contributed by atoms with Crippen LogP contribution in [0.5, 0.6) is 0 Å². The molecule has 4 nitrogen and oxygen atoms in total. The number of thiophene rings is 1. The van der Waals surface area contributed by atoms with Gasteiger partial charge in [0, 0.05) is 20.7 Å². The van der Waals surface area contributed by atoms with Gasteiger partial charge in [-0.3, -0.25) is 4.79 Å². The first kappa shape index (κ1) is 12.5. The molecule has 20 heavy (non-hydrogen) atoms. The van der Waals surface area contributed by atoms with Gasteiger partial charge in [0.15, 0.2) is 0 Å². The Bertz CT molecular complexity index is 791. The van der Waals surface area contributed by atoms with Crippen LogP contribution < -0.4 is 5.73 Å². The van der Waals surface area contributed by atoms with Crippen molar-refractivity contribution < 1.29 is 4.79 Å². The van der Waals surface area contributed by atoms with E-state index in [9.17, 15) is 9.70 Å². The number of carbonyl (C=O) groups excluding carboxylic acids is 1. The predicted molar refractivity (Wildman–Crippen MR) is 81.2 cm³/mol. The molecule has 0 aliphatic heterocycles. The number of fused-ring (bicyclic) bond motifs is 1. The summed E-state index contributed by atoms with van der Waals surface area (Å²) in [5.41, 5.74) is 6.63. The number of carbonyl (C=O) groups is 1. The van der Waals surface area contributed by atoms with Crippen molar-refractivity contribution >= 4 is 33.0 Å². The number of hydrogen-bond acceptors (Lipinski definition) is 4. The van der Waals surface area contributed by atoms with E-state index in [1.165, 1.54) is 6.07 Å². The molecule has 1 amide bonds. The Morgan fingerprint density at radius 3 is 2.60 bits per heavy atom. The average molecular weight is 282 g/mol. The third-order valence-electron chi connectivity index (χ3n) is 3.07. The van der Waals surface area contributed by atoms with Crippen LogP contribution >= 0.6 is 11.3 Å². The number of primary amides is 1. The second-order valence-corrected chi connectivity index (χ2v) is 5.42. The molecule has 0 aliphatic rings. The van der Waals surface area contributed by atoms with Gasteiger partial charge in [0.25, 0.3) is 0 Å². The highest BCUT2D eigenvalue weighted by molar-refractivity contribution is 7.22. The van der Waals surface area contributed by atoms with Gasteiger partial charge in [0.05, 0.1) is 0 Å². The highest BCUT2D eigenvalue weighted by atomic mass is 32.1. The largest absolute Gasteiger partial charge is 0.366 e. The molecule has 5 heteroatoms. The number of rotatable bonds is 3. The number of nitrogens with two attached hydrogens (primary N) is 1. The van der Waals surface area contributed by atoms with Gasteiger partial charge in [-0.15, -0.1) is 16.2 Å². The Hall–Kier alpha value is -2.53. The molecule has 0 saturated carbocycles. The molecule has 0 unspecified atom stereocenters. The predicted octanol–water partition coefficient (Wildman–Crippen LogP) is 4.07. The molecule has 0 fully saturated rings. The molecular weight excluding hydrogens is 272 g/mol. The van der Waals surface area contributed by atoms with Gasteiger partial charge < -0.3 is 5.73 Å². The maximum absolute atomic E-state index is 11.6. The summed E-state index contributed by atoms with van der Waals surface area (Å²) in [6.07, 6.45) is 0. The lowest BCUT2D eigenvalue weighted by atomic mass is 10.0. The van der Waals surface area contributed by atoms with Crippen LogP contribution in [0.1, 0.15) is 10.4 Å². The van der Waals surface area contributed by atoms with E-state index >= 15 is 0 Å². The smallest absolute Gasteiger partial charge is 0.249 e. The third kappa shape index (κ3) is 2.08. The van der Waals surface area contributed by atoms with Gasteiger partial charge in [-0.1, -0.05) is 24.3 Å². The highest BCUT2D eigenvalue weighted by Gasteiger charge is 2.13. The molecule has 0 bridgehead atoms. The minimum atomic E-state index is -0.567. The average Bonchev–Trinajstić information content (AvgIpc) is 2.90. The second-order valence-electron chi connectivity index (χ2n) is 4.33. The summed E-state index contributed by atoms with van der Waals surface area (Å²) in [7, 11) is 0. The van der Waals surface area contributed by atoms with Crippen molar-refractivity contribution in [3.8, 4) is 10.4 Å². The summed E-state index contributed by atoms with van der Waals surface area (Å²) < 4.78 is 1.13. The van der Waals surface area contributed by atoms with Crippen molar-refractivity contribution in [1.82, 2.24) is 0 Å². The Morgan fingerprint density at radius 1 is 1.10 bits per heavy atom. The van der Waals surface area contributed by atoms with Crippen LogP contribution in [0.25, 0.3) is 20.5 Å². The van der Waals surface area contributed by atoms with Crippen LogP contribution in [0, 0.1) is 4.91 Å². The van der Waals surface area contributed by atoms with Gasteiger partial charge in [-0.05, 0) is 34.8 Å². The molecule has 3 rings (SSSR count). The lowest BCUT2D eigenvalue weighted by Gasteiger charge is -2.04. The molecule has 98 valence electrons. The fourth-order valence-electron chi connectivity index (χ4n) is 2.12. The van der Waals surface area contributed by atoms with Crippen molar-refractivity contribution in [2.75, 3.05) is 0 Å². The minimum Gasteiger partial charge on any atom is -0.366 e. The van der Waals surface area contributed by atoms with Gasteiger partial charge in [0.1, 0.15) is 5.69 Å². The fourth-order valence-corrected chi connectivity index (χ4v) is 3.22. The van der Waals surface area contributed by atoms with E-state index in [4.69, 9.17) is 5.73 Å². The molecule has 0 saturated heterocycles. The van der Waals surface area contributed by atoms with Crippen molar-refractivity contribution in [3.05, 3.63) is 59.0 Å². The number of amides is 1. The Labute approximate surface area is 118 Å². The standard InChI is InChI=1S/C15H10N2O2S/c16-15(18)12-8-10(17-19)5-6-11(12)14-7-9-3-1-2-4-13(9)20-14/h1-8H,(H2,16,18). The molecule has 1 heterocycles. The highest BCUT2D eigenvalue weighted by Crippen LogP contribution is 2.36. The molecule has 0 spiro atoms. The molecule has 3 aromatic rings. The Morgan fingerprint density at radius 2 is 1.90 bits per heavy atom. The summed E-state index contributed by atoms with van der Waals surface area (Å²) in [6.45, 7) is 0. The first-order chi connectivity index (χ1) is 9.69. The van der Waals surface area contributed by atoms with Gasteiger partial charge >= 0.3 is 0 Å². The molecule has 1 aromatic heterocycles. The number of nitroso groups, excluding NO2 is 1. The topological polar surface area (TPSA) is 72.5 Å². The van der Waals surface area contributed by atoms with Gasteiger partial charge in [0.2, 0.25) is 5.91 Å².